The maximum Gasteiger partial charge on any atom is 0.256 e. The van der Waals surface area contributed by atoms with Gasteiger partial charge in [-0.15, -0.1) is 0 Å². The van der Waals surface area contributed by atoms with Crippen molar-refractivity contribution in [3.05, 3.63) is 135 Å². The summed E-state index contributed by atoms with van der Waals surface area (Å²) in [5.74, 6) is -0.602. The number of amides is 1. The van der Waals surface area contributed by atoms with Gasteiger partial charge in [-0.1, -0.05) is 102 Å². The fourth-order valence-electron chi connectivity index (χ4n) is 3.39. The predicted molar refractivity (Wildman–Crippen MR) is 136 cm³/mol. The minimum absolute atomic E-state index is 0.232. The highest BCUT2D eigenvalue weighted by Crippen LogP contribution is 2.27. The van der Waals surface area contributed by atoms with E-state index in [2.05, 4.69) is 5.32 Å². The maximum atomic E-state index is 13.5. The molecule has 0 unspecified atom stereocenters. The Balaban J connectivity index is 1.74. The zero-order valence-electron chi connectivity index (χ0n) is 17.5. The van der Waals surface area contributed by atoms with Crippen LogP contribution in [0.1, 0.15) is 27.0 Å². The molecule has 4 rings (SSSR count). The van der Waals surface area contributed by atoms with Crippen LogP contribution < -0.4 is 5.32 Å². The molecule has 0 heterocycles. The van der Waals surface area contributed by atoms with Gasteiger partial charge >= 0.3 is 0 Å². The Morgan fingerprint density at radius 2 is 1.30 bits per heavy atom. The highest BCUT2D eigenvalue weighted by Gasteiger charge is 2.19. The van der Waals surface area contributed by atoms with E-state index in [4.69, 9.17) is 23.2 Å². The first-order chi connectivity index (χ1) is 16.0. The lowest BCUT2D eigenvalue weighted by atomic mass is 9.99. The second-order valence-corrected chi connectivity index (χ2v) is 8.13. The van der Waals surface area contributed by atoms with Gasteiger partial charge in [0.15, 0.2) is 5.78 Å². The highest BCUT2D eigenvalue weighted by atomic mass is 35.5. The lowest BCUT2D eigenvalue weighted by Crippen LogP contribution is -2.16. The number of hydrogen-bond donors (Lipinski definition) is 1. The van der Waals surface area contributed by atoms with Crippen LogP contribution in [0.5, 0.6) is 0 Å². The molecule has 4 aromatic rings. The van der Waals surface area contributed by atoms with Crippen LogP contribution in [0.3, 0.4) is 0 Å². The van der Waals surface area contributed by atoms with Crippen LogP contribution in [-0.2, 0) is 4.79 Å². The van der Waals surface area contributed by atoms with Gasteiger partial charge in [0.05, 0.1) is 5.69 Å². The van der Waals surface area contributed by atoms with E-state index in [0.717, 1.165) is 5.56 Å². The van der Waals surface area contributed by atoms with E-state index in [1.807, 2.05) is 54.6 Å². The molecular formula is C28H19Cl2NO2. The Bertz CT molecular complexity index is 1330. The SMILES string of the molecule is O=C(Nc1ccc(Cl)cc1C(=O)c1ccccc1)/C(=C/c1ccccc1Cl)c1ccccc1. The minimum atomic E-state index is -0.370. The molecule has 0 aromatic heterocycles. The molecule has 0 atom stereocenters. The normalized spacial score (nSPS) is 11.2. The zero-order chi connectivity index (χ0) is 23.2. The van der Waals surface area contributed by atoms with Crippen molar-refractivity contribution < 1.29 is 9.59 Å². The third kappa shape index (κ3) is 5.40. The second kappa shape index (κ2) is 10.3. The summed E-state index contributed by atoms with van der Waals surface area (Å²) in [6.45, 7) is 0. The maximum absolute atomic E-state index is 13.5. The third-order valence-corrected chi connectivity index (χ3v) is 5.62. The van der Waals surface area contributed by atoms with Crippen LogP contribution in [0.4, 0.5) is 5.69 Å². The Morgan fingerprint density at radius 3 is 1.97 bits per heavy atom. The van der Waals surface area contributed by atoms with Crippen LogP contribution in [0.25, 0.3) is 11.6 Å². The Hall–Kier alpha value is -3.66. The monoisotopic (exact) mass is 471 g/mol. The van der Waals surface area contributed by atoms with Gasteiger partial charge in [-0.2, -0.15) is 0 Å². The van der Waals surface area contributed by atoms with Gasteiger partial charge in [-0.3, -0.25) is 9.59 Å². The van der Waals surface area contributed by atoms with Gasteiger partial charge in [0.1, 0.15) is 0 Å². The van der Waals surface area contributed by atoms with E-state index in [9.17, 15) is 9.59 Å². The lowest BCUT2D eigenvalue weighted by molar-refractivity contribution is -0.111. The summed E-state index contributed by atoms with van der Waals surface area (Å²) in [5, 5.41) is 3.83. The van der Waals surface area contributed by atoms with E-state index >= 15 is 0 Å². The molecule has 0 fully saturated rings. The molecule has 4 aromatic carbocycles. The van der Waals surface area contributed by atoms with Gasteiger partial charge in [0, 0.05) is 26.7 Å². The topological polar surface area (TPSA) is 46.2 Å². The number of nitrogens with one attached hydrogen (secondary N) is 1. The Kier molecular flexibility index (Phi) is 7.04. The number of carbonyl (C=O) groups excluding carboxylic acids is 2. The second-order valence-electron chi connectivity index (χ2n) is 7.28. The molecule has 0 aliphatic rings. The van der Waals surface area contributed by atoms with E-state index in [-0.39, 0.29) is 11.7 Å². The van der Waals surface area contributed by atoms with Gasteiger partial charge < -0.3 is 5.32 Å². The van der Waals surface area contributed by atoms with Crippen molar-refractivity contribution in [1.82, 2.24) is 0 Å². The molecule has 0 saturated heterocycles. The van der Waals surface area contributed by atoms with Crippen molar-refractivity contribution in [2.45, 2.75) is 0 Å². The van der Waals surface area contributed by atoms with Crippen LogP contribution >= 0.6 is 23.2 Å². The van der Waals surface area contributed by atoms with Crippen molar-refractivity contribution in [2.75, 3.05) is 5.32 Å². The van der Waals surface area contributed by atoms with Crippen LogP contribution in [0.15, 0.2) is 103 Å². The molecule has 1 amide bonds. The number of rotatable bonds is 6. The van der Waals surface area contributed by atoms with Crippen molar-refractivity contribution in [2.24, 2.45) is 0 Å². The highest BCUT2D eigenvalue weighted by molar-refractivity contribution is 6.35. The van der Waals surface area contributed by atoms with Crippen molar-refractivity contribution >= 4 is 52.2 Å². The predicted octanol–water partition coefficient (Wildman–Crippen LogP) is 7.40. The molecule has 0 aliphatic carbocycles. The Labute approximate surface area is 202 Å². The summed E-state index contributed by atoms with van der Waals surface area (Å²) in [5.41, 5.74) is 3.04. The van der Waals surface area contributed by atoms with Crippen LogP contribution in [0.2, 0.25) is 10.0 Å². The van der Waals surface area contributed by atoms with Crippen molar-refractivity contribution in [3.8, 4) is 0 Å². The Morgan fingerprint density at radius 1 is 0.697 bits per heavy atom. The number of halogens is 2. The first-order valence-corrected chi connectivity index (χ1v) is 11.0. The van der Waals surface area contributed by atoms with Crippen LogP contribution in [-0.4, -0.2) is 11.7 Å². The summed E-state index contributed by atoms with van der Waals surface area (Å²) in [6, 6.07) is 30.3. The van der Waals surface area contributed by atoms with Crippen LogP contribution in [0, 0.1) is 0 Å². The molecule has 3 nitrogen and oxygen atoms in total. The number of anilines is 1. The fourth-order valence-corrected chi connectivity index (χ4v) is 3.76. The molecule has 5 heteroatoms. The van der Waals surface area contributed by atoms with Crippen molar-refractivity contribution in [3.63, 3.8) is 0 Å². The molecule has 162 valence electrons. The molecule has 0 saturated carbocycles. The third-order valence-electron chi connectivity index (χ3n) is 5.04. The van der Waals surface area contributed by atoms with E-state index in [1.165, 1.54) is 0 Å². The van der Waals surface area contributed by atoms with E-state index in [1.54, 1.807) is 54.6 Å². The summed E-state index contributed by atoms with van der Waals surface area (Å²) < 4.78 is 0. The molecule has 1 N–H and O–H groups in total. The molecule has 0 bridgehead atoms. The summed E-state index contributed by atoms with van der Waals surface area (Å²) >= 11 is 12.5. The van der Waals surface area contributed by atoms with E-state index < -0.39 is 0 Å². The largest absolute Gasteiger partial charge is 0.321 e. The molecule has 0 aliphatic heterocycles. The van der Waals surface area contributed by atoms with E-state index in [0.29, 0.717) is 38.0 Å². The lowest BCUT2D eigenvalue weighted by Gasteiger charge is -2.14. The molecule has 33 heavy (non-hydrogen) atoms. The van der Waals surface area contributed by atoms with Gasteiger partial charge in [-0.25, -0.2) is 0 Å². The summed E-state index contributed by atoms with van der Waals surface area (Å²) in [7, 11) is 0. The average molecular weight is 472 g/mol. The fraction of sp³-hybridized carbons (Fsp3) is 0. The van der Waals surface area contributed by atoms with Crippen molar-refractivity contribution in [1.29, 1.82) is 0 Å². The number of benzene rings is 4. The molecular weight excluding hydrogens is 453 g/mol. The van der Waals surface area contributed by atoms with Gasteiger partial charge in [-0.05, 0) is 41.5 Å². The smallest absolute Gasteiger partial charge is 0.256 e. The number of hydrogen-bond acceptors (Lipinski definition) is 2. The minimum Gasteiger partial charge on any atom is -0.321 e. The number of carbonyl (C=O) groups is 2. The number of ketones is 1. The first kappa shape index (κ1) is 22.5. The first-order valence-electron chi connectivity index (χ1n) is 10.3. The molecule has 0 spiro atoms. The summed E-state index contributed by atoms with van der Waals surface area (Å²) in [4.78, 5) is 26.6. The quantitative estimate of drug-likeness (QED) is 0.181. The van der Waals surface area contributed by atoms with Gasteiger partial charge in [0.25, 0.3) is 5.91 Å². The van der Waals surface area contributed by atoms with Gasteiger partial charge in [0.2, 0.25) is 0 Å². The zero-order valence-corrected chi connectivity index (χ0v) is 19.0. The standard InChI is InChI=1S/C28H19Cl2NO2/c29-22-15-16-26(24(18-22)27(32)20-11-5-2-6-12-20)31-28(33)23(19-9-3-1-4-10-19)17-21-13-7-8-14-25(21)30/h1-18H,(H,31,33)/b23-17+. The average Bonchev–Trinajstić information content (AvgIpc) is 2.85. The summed E-state index contributed by atoms with van der Waals surface area (Å²) in [6.07, 6.45) is 1.74. The molecule has 0 radical (unpaired) electrons.